The lowest BCUT2D eigenvalue weighted by molar-refractivity contribution is 0.0757. The maximum Gasteiger partial charge on any atom is 0.346 e. The Balaban J connectivity index is 1.52. The fraction of sp³-hybridized carbons (Fsp3) is 0.300. The molecule has 7 heteroatoms. The highest BCUT2D eigenvalue weighted by atomic mass is 16.2. The molecule has 1 aliphatic rings. The molecule has 0 saturated heterocycles. The van der Waals surface area contributed by atoms with Crippen LogP contribution >= 0.6 is 0 Å². The Labute approximate surface area is 156 Å². The van der Waals surface area contributed by atoms with Crippen LogP contribution in [0.1, 0.15) is 27.3 Å². The summed E-state index contributed by atoms with van der Waals surface area (Å²) < 4.78 is 3.19. The molecule has 0 N–H and O–H groups in total. The molecule has 3 heterocycles. The zero-order valence-corrected chi connectivity index (χ0v) is 15.2. The fourth-order valence-corrected chi connectivity index (χ4v) is 3.38. The van der Waals surface area contributed by atoms with Gasteiger partial charge in [-0.05, 0) is 24.1 Å². The van der Waals surface area contributed by atoms with Crippen molar-refractivity contribution < 1.29 is 4.79 Å². The lowest BCUT2D eigenvalue weighted by Crippen LogP contribution is -2.35. The lowest BCUT2D eigenvalue weighted by Gasteiger charge is -2.20. The third kappa shape index (κ3) is 3.40. The maximum atomic E-state index is 12.8. The van der Waals surface area contributed by atoms with Crippen molar-refractivity contribution in [2.75, 3.05) is 13.1 Å². The molecule has 0 fully saturated rings. The number of rotatable bonds is 3. The largest absolute Gasteiger partial charge is 0.346 e. The monoisotopic (exact) mass is 363 g/mol. The minimum absolute atomic E-state index is 0.0454. The first-order valence-electron chi connectivity index (χ1n) is 9.04. The van der Waals surface area contributed by atoms with Crippen molar-refractivity contribution in [3.05, 3.63) is 81.8 Å². The third-order valence-electron chi connectivity index (χ3n) is 4.93. The molecule has 0 bridgehead atoms. The predicted octanol–water partition coefficient (Wildman–Crippen LogP) is 1.50. The SMILES string of the molecule is Cc1ccncc1C(=O)N1CCc2nn(Cc3ccccc3)c(=O)n2CC1. The number of hydrogen-bond acceptors (Lipinski definition) is 4. The van der Waals surface area contributed by atoms with Gasteiger partial charge >= 0.3 is 5.69 Å². The molecular weight excluding hydrogens is 342 g/mol. The first-order chi connectivity index (χ1) is 13.1. The summed E-state index contributed by atoms with van der Waals surface area (Å²) in [5, 5.41) is 4.51. The molecule has 1 aliphatic heterocycles. The number of carbonyl (C=O) groups is 1. The number of nitrogens with zero attached hydrogens (tertiary/aromatic N) is 5. The van der Waals surface area contributed by atoms with Gasteiger partial charge in [0.2, 0.25) is 0 Å². The quantitative estimate of drug-likeness (QED) is 0.707. The minimum atomic E-state index is -0.124. The number of aromatic nitrogens is 4. The lowest BCUT2D eigenvalue weighted by atomic mass is 10.1. The molecule has 0 aliphatic carbocycles. The van der Waals surface area contributed by atoms with Crippen LogP contribution in [0, 0.1) is 6.92 Å². The standard InChI is InChI=1S/C20H21N5O2/c1-15-7-9-21-13-17(15)19(26)23-10-8-18-22-25(20(27)24(18)12-11-23)14-16-5-3-2-4-6-16/h2-7,9,13H,8,10-12,14H2,1H3. The van der Waals surface area contributed by atoms with Gasteiger partial charge in [0, 0.05) is 38.4 Å². The molecule has 1 amide bonds. The number of benzene rings is 1. The van der Waals surface area contributed by atoms with Crippen molar-refractivity contribution in [3.8, 4) is 0 Å². The van der Waals surface area contributed by atoms with E-state index >= 15 is 0 Å². The molecule has 4 rings (SSSR count). The van der Waals surface area contributed by atoms with Crippen LogP contribution in [0.4, 0.5) is 0 Å². The van der Waals surface area contributed by atoms with Gasteiger partial charge in [-0.3, -0.25) is 14.3 Å². The van der Waals surface area contributed by atoms with E-state index in [1.54, 1.807) is 21.9 Å². The summed E-state index contributed by atoms with van der Waals surface area (Å²) in [6.45, 7) is 3.83. The van der Waals surface area contributed by atoms with Gasteiger partial charge < -0.3 is 4.90 Å². The smallest absolute Gasteiger partial charge is 0.336 e. The van der Waals surface area contributed by atoms with Gasteiger partial charge in [-0.25, -0.2) is 9.48 Å². The summed E-state index contributed by atoms with van der Waals surface area (Å²) in [5.41, 5.74) is 2.43. The van der Waals surface area contributed by atoms with E-state index in [4.69, 9.17) is 0 Å². The second-order valence-electron chi connectivity index (χ2n) is 6.73. The van der Waals surface area contributed by atoms with Crippen LogP contribution in [0.25, 0.3) is 0 Å². The van der Waals surface area contributed by atoms with Crippen molar-refractivity contribution in [1.82, 2.24) is 24.2 Å². The van der Waals surface area contributed by atoms with Crippen LogP contribution in [0.5, 0.6) is 0 Å². The van der Waals surface area contributed by atoms with E-state index in [9.17, 15) is 9.59 Å². The van der Waals surface area contributed by atoms with E-state index in [-0.39, 0.29) is 11.6 Å². The van der Waals surface area contributed by atoms with E-state index in [1.165, 1.54) is 4.68 Å². The minimum Gasteiger partial charge on any atom is -0.336 e. The summed E-state index contributed by atoms with van der Waals surface area (Å²) in [7, 11) is 0. The number of hydrogen-bond donors (Lipinski definition) is 0. The van der Waals surface area contributed by atoms with Crippen molar-refractivity contribution in [1.29, 1.82) is 0 Å². The van der Waals surface area contributed by atoms with Crippen molar-refractivity contribution in [2.45, 2.75) is 26.4 Å². The molecule has 0 radical (unpaired) electrons. The predicted molar refractivity (Wildman–Crippen MR) is 101 cm³/mol. The van der Waals surface area contributed by atoms with E-state index in [1.807, 2.05) is 43.3 Å². The summed E-state index contributed by atoms with van der Waals surface area (Å²) in [6.07, 6.45) is 3.84. The molecule has 0 spiro atoms. The van der Waals surface area contributed by atoms with Crippen LogP contribution in [-0.2, 0) is 19.5 Å². The van der Waals surface area contributed by atoms with E-state index in [2.05, 4.69) is 10.1 Å². The van der Waals surface area contributed by atoms with Crippen LogP contribution in [0.15, 0.2) is 53.6 Å². The fourth-order valence-electron chi connectivity index (χ4n) is 3.38. The average Bonchev–Trinajstić information content (AvgIpc) is 2.85. The van der Waals surface area contributed by atoms with Gasteiger partial charge in [0.15, 0.2) is 0 Å². The average molecular weight is 363 g/mol. The van der Waals surface area contributed by atoms with Gasteiger partial charge in [0.05, 0.1) is 12.1 Å². The Morgan fingerprint density at radius 2 is 1.93 bits per heavy atom. The Morgan fingerprint density at radius 3 is 2.70 bits per heavy atom. The van der Waals surface area contributed by atoms with Crippen molar-refractivity contribution >= 4 is 5.91 Å². The Kier molecular flexibility index (Phi) is 4.58. The number of fused-ring (bicyclic) bond motifs is 1. The van der Waals surface area contributed by atoms with Gasteiger partial charge in [0.25, 0.3) is 5.91 Å². The van der Waals surface area contributed by atoms with E-state index in [0.29, 0.717) is 38.2 Å². The van der Waals surface area contributed by atoms with Crippen molar-refractivity contribution in [3.63, 3.8) is 0 Å². The third-order valence-corrected chi connectivity index (χ3v) is 4.93. The number of carbonyl (C=O) groups excluding carboxylic acids is 1. The Hall–Kier alpha value is -3.22. The normalized spacial score (nSPS) is 13.9. The molecule has 0 saturated carbocycles. The van der Waals surface area contributed by atoms with Crippen LogP contribution in [0.2, 0.25) is 0 Å². The second kappa shape index (κ2) is 7.19. The highest BCUT2D eigenvalue weighted by molar-refractivity contribution is 5.95. The molecule has 1 aromatic carbocycles. The molecule has 0 unspecified atom stereocenters. The number of pyridine rings is 1. The molecule has 138 valence electrons. The van der Waals surface area contributed by atoms with Crippen molar-refractivity contribution in [2.24, 2.45) is 0 Å². The van der Waals surface area contributed by atoms with Crippen LogP contribution in [0.3, 0.4) is 0 Å². The summed E-state index contributed by atoms with van der Waals surface area (Å²) in [5.74, 6) is 0.685. The Morgan fingerprint density at radius 1 is 1.11 bits per heavy atom. The Bertz CT molecular complexity index is 1020. The summed E-state index contributed by atoms with van der Waals surface area (Å²) in [4.78, 5) is 31.4. The molecule has 3 aromatic rings. The van der Waals surface area contributed by atoms with Gasteiger partial charge in [-0.2, -0.15) is 5.10 Å². The zero-order valence-electron chi connectivity index (χ0n) is 15.2. The second-order valence-corrected chi connectivity index (χ2v) is 6.73. The summed E-state index contributed by atoms with van der Waals surface area (Å²) >= 11 is 0. The van der Waals surface area contributed by atoms with Crippen LogP contribution < -0.4 is 5.69 Å². The topological polar surface area (TPSA) is 73.0 Å². The molecule has 2 aromatic heterocycles. The van der Waals surface area contributed by atoms with E-state index < -0.39 is 0 Å². The first kappa shape index (κ1) is 17.2. The first-order valence-corrected chi connectivity index (χ1v) is 9.04. The molecule has 7 nitrogen and oxygen atoms in total. The number of aryl methyl sites for hydroxylation is 1. The van der Waals surface area contributed by atoms with Gasteiger partial charge in [-0.1, -0.05) is 30.3 Å². The number of amides is 1. The molecule has 27 heavy (non-hydrogen) atoms. The summed E-state index contributed by atoms with van der Waals surface area (Å²) in [6, 6.07) is 11.6. The van der Waals surface area contributed by atoms with Gasteiger partial charge in [0.1, 0.15) is 5.82 Å². The van der Waals surface area contributed by atoms with Gasteiger partial charge in [-0.15, -0.1) is 0 Å². The maximum absolute atomic E-state index is 12.8. The molecular formula is C20H21N5O2. The van der Waals surface area contributed by atoms with Crippen LogP contribution in [-0.4, -0.2) is 43.2 Å². The van der Waals surface area contributed by atoms with E-state index in [0.717, 1.165) is 17.0 Å². The highest BCUT2D eigenvalue weighted by Gasteiger charge is 2.24. The zero-order chi connectivity index (χ0) is 18.8. The highest BCUT2D eigenvalue weighted by Crippen LogP contribution is 2.12. The molecule has 0 atom stereocenters.